The lowest BCUT2D eigenvalue weighted by Crippen LogP contribution is -2.21. The van der Waals surface area contributed by atoms with Gasteiger partial charge in [0.2, 0.25) is 0 Å². The summed E-state index contributed by atoms with van der Waals surface area (Å²) in [5.41, 5.74) is 0.858. The molecule has 2 nitrogen and oxygen atoms in total. The van der Waals surface area contributed by atoms with Crippen LogP contribution in [0.3, 0.4) is 0 Å². The predicted octanol–water partition coefficient (Wildman–Crippen LogP) is 3.74. The summed E-state index contributed by atoms with van der Waals surface area (Å²) in [7, 11) is 0. The van der Waals surface area contributed by atoms with Gasteiger partial charge in [-0.3, -0.25) is 0 Å². The van der Waals surface area contributed by atoms with E-state index in [2.05, 4.69) is 19.2 Å². The summed E-state index contributed by atoms with van der Waals surface area (Å²) in [4.78, 5) is 0. The molecule has 1 aromatic rings. The van der Waals surface area contributed by atoms with Gasteiger partial charge >= 0.3 is 0 Å². The van der Waals surface area contributed by atoms with Gasteiger partial charge in [0.1, 0.15) is 5.75 Å². The molecule has 0 saturated carbocycles. The summed E-state index contributed by atoms with van der Waals surface area (Å²) in [5, 5.41) is 13.8. The maximum absolute atomic E-state index is 9.72. The molecule has 90 valence electrons. The van der Waals surface area contributed by atoms with Gasteiger partial charge in [-0.1, -0.05) is 25.4 Å². The Bertz CT molecular complexity index is 339. The van der Waals surface area contributed by atoms with Crippen LogP contribution in [0.2, 0.25) is 5.02 Å². The topological polar surface area (TPSA) is 32.3 Å². The summed E-state index contributed by atoms with van der Waals surface area (Å²) in [6.45, 7) is 7.38. The molecule has 1 aromatic carbocycles. The zero-order valence-electron chi connectivity index (χ0n) is 10.1. The highest BCUT2D eigenvalue weighted by atomic mass is 35.5. The molecular weight excluding hydrogens is 222 g/mol. The van der Waals surface area contributed by atoms with Crippen molar-refractivity contribution in [3.8, 4) is 5.75 Å². The summed E-state index contributed by atoms with van der Waals surface area (Å²) in [6, 6.07) is 5.26. The highest BCUT2D eigenvalue weighted by molar-refractivity contribution is 6.30. The van der Waals surface area contributed by atoms with Crippen LogP contribution < -0.4 is 5.32 Å². The fourth-order valence-electron chi connectivity index (χ4n) is 1.57. The van der Waals surface area contributed by atoms with E-state index >= 15 is 0 Å². The third-order valence-electron chi connectivity index (χ3n) is 2.63. The van der Waals surface area contributed by atoms with E-state index in [-0.39, 0.29) is 6.04 Å². The molecule has 2 N–H and O–H groups in total. The molecule has 0 aliphatic rings. The van der Waals surface area contributed by atoms with Crippen molar-refractivity contribution in [2.75, 3.05) is 6.54 Å². The van der Waals surface area contributed by atoms with Crippen LogP contribution in [-0.4, -0.2) is 11.7 Å². The summed E-state index contributed by atoms with van der Waals surface area (Å²) in [5.74, 6) is 0.988. The molecule has 0 bridgehead atoms. The Labute approximate surface area is 103 Å². The molecule has 0 spiro atoms. The Morgan fingerprint density at radius 2 is 2.00 bits per heavy atom. The van der Waals surface area contributed by atoms with E-state index in [1.807, 2.05) is 13.0 Å². The number of nitrogens with one attached hydrogen (secondary N) is 1. The molecule has 1 atom stereocenters. The molecule has 0 aliphatic heterocycles. The van der Waals surface area contributed by atoms with Crippen LogP contribution in [0, 0.1) is 5.92 Å². The van der Waals surface area contributed by atoms with E-state index in [1.54, 1.807) is 12.1 Å². The Hall–Kier alpha value is -0.730. The highest BCUT2D eigenvalue weighted by Crippen LogP contribution is 2.27. The van der Waals surface area contributed by atoms with Crippen LogP contribution in [0.25, 0.3) is 0 Å². The highest BCUT2D eigenvalue weighted by Gasteiger charge is 2.10. The Morgan fingerprint density at radius 1 is 1.31 bits per heavy atom. The van der Waals surface area contributed by atoms with Crippen LogP contribution in [-0.2, 0) is 0 Å². The van der Waals surface area contributed by atoms with E-state index in [0.29, 0.717) is 16.7 Å². The fraction of sp³-hybridized carbons (Fsp3) is 0.538. The van der Waals surface area contributed by atoms with Gasteiger partial charge in [-0.15, -0.1) is 0 Å². The molecule has 0 radical (unpaired) electrons. The third kappa shape index (κ3) is 4.03. The summed E-state index contributed by atoms with van der Waals surface area (Å²) >= 11 is 5.91. The lowest BCUT2D eigenvalue weighted by atomic mass is 10.1. The second-order valence-corrected chi connectivity index (χ2v) is 5.00. The van der Waals surface area contributed by atoms with E-state index in [9.17, 15) is 5.11 Å². The van der Waals surface area contributed by atoms with Crippen molar-refractivity contribution in [2.24, 2.45) is 5.92 Å². The number of hydrogen-bond donors (Lipinski definition) is 2. The maximum atomic E-state index is 9.72. The van der Waals surface area contributed by atoms with Crippen LogP contribution in [0.1, 0.15) is 38.8 Å². The molecular formula is C13H20ClNO. The standard InChI is InChI=1S/C13H20ClNO/c1-9(2)6-7-15-10(3)12-8-11(14)4-5-13(12)16/h4-5,8-10,15-16H,6-7H2,1-3H3. The number of benzene rings is 1. The van der Waals surface area contributed by atoms with Crippen molar-refractivity contribution in [1.82, 2.24) is 5.32 Å². The smallest absolute Gasteiger partial charge is 0.120 e. The van der Waals surface area contributed by atoms with Crippen LogP contribution in [0.15, 0.2) is 18.2 Å². The van der Waals surface area contributed by atoms with Crippen molar-refractivity contribution < 1.29 is 5.11 Å². The quantitative estimate of drug-likeness (QED) is 0.823. The Kier molecular flexibility index (Phi) is 5.10. The molecule has 0 aromatic heterocycles. The number of aromatic hydroxyl groups is 1. The first-order valence-electron chi connectivity index (χ1n) is 5.72. The van der Waals surface area contributed by atoms with Crippen molar-refractivity contribution in [3.05, 3.63) is 28.8 Å². The van der Waals surface area contributed by atoms with Gasteiger partial charge < -0.3 is 10.4 Å². The van der Waals surface area contributed by atoms with Gasteiger partial charge in [-0.25, -0.2) is 0 Å². The number of hydrogen-bond acceptors (Lipinski definition) is 2. The largest absolute Gasteiger partial charge is 0.508 e. The lowest BCUT2D eigenvalue weighted by Gasteiger charge is -2.16. The van der Waals surface area contributed by atoms with Gasteiger partial charge in [0.05, 0.1) is 0 Å². The van der Waals surface area contributed by atoms with E-state index in [4.69, 9.17) is 11.6 Å². The number of halogens is 1. The minimum absolute atomic E-state index is 0.123. The molecule has 0 fully saturated rings. The minimum Gasteiger partial charge on any atom is -0.508 e. The van der Waals surface area contributed by atoms with Crippen LogP contribution >= 0.6 is 11.6 Å². The maximum Gasteiger partial charge on any atom is 0.120 e. The Balaban J connectivity index is 2.58. The van der Waals surface area contributed by atoms with Crippen molar-refractivity contribution >= 4 is 11.6 Å². The van der Waals surface area contributed by atoms with Gasteiger partial charge in [-0.05, 0) is 44.0 Å². The fourth-order valence-corrected chi connectivity index (χ4v) is 1.75. The molecule has 0 aliphatic carbocycles. The summed E-state index contributed by atoms with van der Waals surface area (Å²) in [6.07, 6.45) is 1.13. The molecule has 3 heteroatoms. The van der Waals surface area contributed by atoms with Crippen molar-refractivity contribution in [2.45, 2.75) is 33.2 Å². The number of rotatable bonds is 5. The van der Waals surface area contributed by atoms with E-state index in [1.165, 1.54) is 0 Å². The van der Waals surface area contributed by atoms with Gasteiger partial charge in [0.15, 0.2) is 0 Å². The normalized spacial score (nSPS) is 13.1. The monoisotopic (exact) mass is 241 g/mol. The predicted molar refractivity (Wildman–Crippen MR) is 69.0 cm³/mol. The van der Waals surface area contributed by atoms with E-state index in [0.717, 1.165) is 18.5 Å². The first kappa shape index (κ1) is 13.3. The zero-order chi connectivity index (χ0) is 12.1. The summed E-state index contributed by atoms with van der Waals surface area (Å²) < 4.78 is 0. The lowest BCUT2D eigenvalue weighted by molar-refractivity contribution is 0.445. The molecule has 1 unspecified atom stereocenters. The minimum atomic E-state index is 0.123. The van der Waals surface area contributed by atoms with Crippen molar-refractivity contribution in [3.63, 3.8) is 0 Å². The van der Waals surface area contributed by atoms with Gasteiger partial charge in [0, 0.05) is 16.6 Å². The first-order valence-corrected chi connectivity index (χ1v) is 6.10. The van der Waals surface area contributed by atoms with Gasteiger partial charge in [-0.2, -0.15) is 0 Å². The van der Waals surface area contributed by atoms with Crippen LogP contribution in [0.5, 0.6) is 5.75 Å². The average Bonchev–Trinajstić information content (AvgIpc) is 2.21. The molecule has 0 heterocycles. The molecule has 1 rings (SSSR count). The first-order chi connectivity index (χ1) is 7.50. The second kappa shape index (κ2) is 6.12. The molecule has 0 amide bonds. The second-order valence-electron chi connectivity index (χ2n) is 4.56. The molecule has 16 heavy (non-hydrogen) atoms. The number of phenols is 1. The average molecular weight is 242 g/mol. The third-order valence-corrected chi connectivity index (χ3v) is 2.86. The number of phenolic OH excluding ortho intramolecular Hbond substituents is 1. The SMILES string of the molecule is CC(C)CCNC(C)c1cc(Cl)ccc1O. The zero-order valence-corrected chi connectivity index (χ0v) is 10.9. The van der Waals surface area contributed by atoms with E-state index < -0.39 is 0 Å². The van der Waals surface area contributed by atoms with Gasteiger partial charge in [0.25, 0.3) is 0 Å². The Morgan fingerprint density at radius 3 is 2.62 bits per heavy atom. The van der Waals surface area contributed by atoms with Crippen molar-refractivity contribution in [1.29, 1.82) is 0 Å². The van der Waals surface area contributed by atoms with Crippen LogP contribution in [0.4, 0.5) is 0 Å². The molecule has 0 saturated heterocycles.